The van der Waals surface area contributed by atoms with E-state index in [0.717, 1.165) is 19.1 Å². The summed E-state index contributed by atoms with van der Waals surface area (Å²) in [5.41, 5.74) is 6.75. The van der Waals surface area contributed by atoms with Crippen molar-refractivity contribution in [3.63, 3.8) is 0 Å². The average Bonchev–Trinajstić information content (AvgIpc) is 3.61. The van der Waals surface area contributed by atoms with Gasteiger partial charge in [0.1, 0.15) is 11.4 Å². The van der Waals surface area contributed by atoms with Crippen molar-refractivity contribution in [2.75, 3.05) is 53.3 Å². The lowest BCUT2D eigenvalue weighted by Crippen LogP contribution is -2.39. The van der Waals surface area contributed by atoms with Crippen LogP contribution in [-0.2, 0) is 9.84 Å². The predicted octanol–water partition coefficient (Wildman–Crippen LogP) is 4.45. The first-order valence-corrected chi connectivity index (χ1v) is 14.8. The molecule has 3 fully saturated rings. The third-order valence-corrected chi connectivity index (χ3v) is 9.27. The Morgan fingerprint density at radius 2 is 1.56 bits per heavy atom. The highest BCUT2D eigenvalue weighted by Gasteiger charge is 2.44. The van der Waals surface area contributed by atoms with E-state index in [1.807, 2.05) is 4.90 Å². The second-order valence-electron chi connectivity index (χ2n) is 10.9. The van der Waals surface area contributed by atoms with E-state index in [9.17, 15) is 32.1 Å². The maximum Gasteiger partial charge on any atom is 0.315 e. The number of hydrogen-bond donors (Lipinski definition) is 2. The number of nitrogens with zero attached hydrogens (tertiary/aromatic N) is 3. The van der Waals surface area contributed by atoms with Gasteiger partial charge in [-0.15, -0.1) is 0 Å². The van der Waals surface area contributed by atoms with Crippen LogP contribution in [0.25, 0.3) is 0 Å². The van der Waals surface area contributed by atoms with Crippen LogP contribution < -0.4 is 20.9 Å². The number of nitrogen functional groups attached to an aromatic ring is 1. The van der Waals surface area contributed by atoms with Crippen molar-refractivity contribution in [2.24, 2.45) is 5.41 Å². The summed E-state index contributed by atoms with van der Waals surface area (Å²) in [6, 6.07) is 6.99. The number of nitrogens with one attached hydrogen (secondary N) is 1. The number of benzene rings is 2. The molecule has 1 saturated carbocycles. The molecular formula is C26H31F2N5O5S. The van der Waals surface area contributed by atoms with E-state index >= 15 is 0 Å². The smallest absolute Gasteiger partial charge is 0.315 e. The van der Waals surface area contributed by atoms with Crippen molar-refractivity contribution >= 4 is 44.2 Å². The summed E-state index contributed by atoms with van der Waals surface area (Å²) in [6.07, 6.45) is 4.52. The van der Waals surface area contributed by atoms with E-state index in [-0.39, 0.29) is 40.6 Å². The van der Waals surface area contributed by atoms with Gasteiger partial charge in [0.2, 0.25) is 0 Å². The molecule has 2 heterocycles. The number of rotatable bonds is 6. The largest absolute Gasteiger partial charge is 0.393 e. The number of nitrogens with two attached hydrogens (primary N) is 1. The summed E-state index contributed by atoms with van der Waals surface area (Å²) in [5, 5.41) is 14.5. The van der Waals surface area contributed by atoms with Gasteiger partial charge in [0.05, 0.1) is 21.1 Å². The van der Waals surface area contributed by atoms with E-state index in [1.165, 1.54) is 48.1 Å². The van der Waals surface area contributed by atoms with Gasteiger partial charge in [-0.25, -0.2) is 17.2 Å². The Morgan fingerprint density at radius 3 is 2.13 bits per heavy atom. The summed E-state index contributed by atoms with van der Waals surface area (Å²) in [5.74, 6) is -3.38. The summed E-state index contributed by atoms with van der Waals surface area (Å²) in [7, 11) is -3.52. The van der Waals surface area contributed by atoms with E-state index in [4.69, 9.17) is 5.73 Å². The first-order chi connectivity index (χ1) is 18.3. The van der Waals surface area contributed by atoms with Crippen LogP contribution in [0.4, 0.5) is 37.2 Å². The number of halogens is 2. The van der Waals surface area contributed by atoms with E-state index in [2.05, 4.69) is 5.32 Å². The number of sulfone groups is 1. The highest BCUT2D eigenvalue weighted by molar-refractivity contribution is 7.90. The van der Waals surface area contributed by atoms with E-state index in [1.54, 1.807) is 0 Å². The summed E-state index contributed by atoms with van der Waals surface area (Å²) < 4.78 is 52.0. The molecule has 10 nitrogen and oxygen atoms in total. The summed E-state index contributed by atoms with van der Waals surface area (Å²) in [6.45, 7) is 1.19. The molecule has 2 aliphatic heterocycles. The number of hydrogen-bond acceptors (Lipinski definition) is 8. The van der Waals surface area contributed by atoms with Crippen LogP contribution in [0.5, 0.6) is 0 Å². The number of nitro groups is 1. The zero-order valence-electron chi connectivity index (χ0n) is 21.6. The minimum Gasteiger partial charge on any atom is -0.393 e. The summed E-state index contributed by atoms with van der Waals surface area (Å²) >= 11 is 0. The number of carbonyl (C=O) groups excluding carboxylic acids is 1. The topological polar surface area (TPSA) is 139 Å². The minimum absolute atomic E-state index is 0.0595. The molecule has 210 valence electrons. The van der Waals surface area contributed by atoms with Crippen molar-refractivity contribution in [1.29, 1.82) is 0 Å². The molecule has 1 amide bonds. The maximum atomic E-state index is 13.7. The van der Waals surface area contributed by atoms with Crippen LogP contribution in [0.3, 0.4) is 0 Å². The van der Waals surface area contributed by atoms with Crippen molar-refractivity contribution in [3.8, 4) is 0 Å². The zero-order chi connectivity index (χ0) is 28.2. The monoisotopic (exact) mass is 563 g/mol. The third kappa shape index (κ3) is 5.63. The number of alkyl halides is 2. The lowest BCUT2D eigenvalue weighted by molar-refractivity contribution is -0.383. The Kier molecular flexibility index (Phi) is 6.68. The molecule has 0 atom stereocenters. The molecule has 3 N–H and O–H groups in total. The normalized spacial score (nSPS) is 20.1. The second-order valence-corrected chi connectivity index (χ2v) is 12.9. The van der Waals surface area contributed by atoms with E-state index < -0.39 is 45.1 Å². The Hall–Kier alpha value is -3.48. The Morgan fingerprint density at radius 1 is 0.974 bits per heavy atom. The average molecular weight is 564 g/mol. The number of amides is 1. The van der Waals surface area contributed by atoms with Crippen molar-refractivity contribution in [1.82, 2.24) is 0 Å². The van der Waals surface area contributed by atoms with Crippen LogP contribution in [-0.4, -0.2) is 57.6 Å². The van der Waals surface area contributed by atoms with Gasteiger partial charge in [0.25, 0.3) is 11.8 Å². The maximum absolute atomic E-state index is 13.7. The van der Waals surface area contributed by atoms with E-state index in [0.29, 0.717) is 24.2 Å². The van der Waals surface area contributed by atoms with Gasteiger partial charge in [0.15, 0.2) is 9.84 Å². The Labute approximate surface area is 225 Å². The predicted molar refractivity (Wildman–Crippen MR) is 145 cm³/mol. The van der Waals surface area contributed by atoms with Crippen molar-refractivity contribution in [3.05, 3.63) is 46.0 Å². The van der Waals surface area contributed by atoms with Gasteiger partial charge in [-0.05, 0) is 61.4 Å². The standard InChI is InChI=1S/C26H31F2N5O5S/c1-39(37,38)18-2-3-19(21(16-18)31-10-6-25(4-5-25)7-11-31)24(34)30-17-14-20(29)23(33(35)36)22(15-17)32-12-8-26(27,28)9-13-32/h2-3,14-16H,4-13,29H2,1H3,(H,30,34). The highest BCUT2D eigenvalue weighted by atomic mass is 32.2. The molecule has 0 unspecified atom stereocenters. The van der Waals surface area contributed by atoms with Crippen LogP contribution in [0.15, 0.2) is 35.2 Å². The van der Waals surface area contributed by atoms with Gasteiger partial charge in [-0.3, -0.25) is 14.9 Å². The van der Waals surface area contributed by atoms with Crippen LogP contribution in [0, 0.1) is 15.5 Å². The molecule has 5 rings (SSSR count). The highest BCUT2D eigenvalue weighted by Crippen LogP contribution is 2.54. The molecule has 39 heavy (non-hydrogen) atoms. The van der Waals surface area contributed by atoms with Crippen LogP contribution in [0.1, 0.15) is 48.9 Å². The molecule has 0 aromatic heterocycles. The van der Waals surface area contributed by atoms with Crippen LogP contribution >= 0.6 is 0 Å². The van der Waals surface area contributed by atoms with Crippen molar-refractivity contribution < 1.29 is 26.9 Å². The first-order valence-electron chi connectivity index (χ1n) is 12.9. The van der Waals surface area contributed by atoms with Gasteiger partial charge in [-0.1, -0.05) is 0 Å². The van der Waals surface area contributed by atoms with Gasteiger partial charge in [0, 0.05) is 51.0 Å². The molecule has 0 radical (unpaired) electrons. The molecule has 1 spiro atoms. The number of anilines is 4. The fourth-order valence-electron chi connectivity index (χ4n) is 5.52. The molecule has 0 bridgehead atoms. The molecule has 1 aliphatic carbocycles. The number of nitro benzene ring substituents is 1. The number of carbonyl (C=O) groups is 1. The SMILES string of the molecule is CS(=O)(=O)c1ccc(C(=O)Nc2cc(N)c([N+](=O)[O-])c(N3CCC(F)(F)CC3)c2)c(N2CCC3(CC2)CC3)c1. The molecule has 3 aliphatic rings. The molecule has 2 saturated heterocycles. The molecular weight excluding hydrogens is 532 g/mol. The minimum atomic E-state index is -3.52. The molecule has 13 heteroatoms. The molecule has 2 aromatic carbocycles. The van der Waals surface area contributed by atoms with Crippen molar-refractivity contribution in [2.45, 2.75) is 49.3 Å². The molecule has 2 aromatic rings. The van der Waals surface area contributed by atoms with Gasteiger partial charge >= 0.3 is 5.69 Å². The second kappa shape index (κ2) is 9.61. The summed E-state index contributed by atoms with van der Waals surface area (Å²) in [4.78, 5) is 28.2. The number of piperidine rings is 2. The lowest BCUT2D eigenvalue weighted by atomic mass is 9.93. The fourth-order valence-corrected chi connectivity index (χ4v) is 6.16. The van der Waals surface area contributed by atoms with Crippen LogP contribution in [0.2, 0.25) is 0 Å². The Balaban J connectivity index is 1.46. The quantitative estimate of drug-likeness (QED) is 0.299. The van der Waals surface area contributed by atoms with Gasteiger partial charge in [-0.2, -0.15) is 0 Å². The fraction of sp³-hybridized carbons (Fsp3) is 0.500. The Bertz CT molecular complexity index is 1420. The third-order valence-electron chi connectivity index (χ3n) is 8.16. The zero-order valence-corrected chi connectivity index (χ0v) is 22.4. The first kappa shape index (κ1) is 27.1. The lowest BCUT2D eigenvalue weighted by Gasteiger charge is -2.35. The van der Waals surface area contributed by atoms with Gasteiger partial charge < -0.3 is 20.9 Å².